The molecule has 0 aliphatic rings. The van der Waals surface area contributed by atoms with E-state index >= 15 is 0 Å². The topological polar surface area (TPSA) is 90.0 Å². The lowest BCUT2D eigenvalue weighted by Crippen LogP contribution is -2.16. The number of hydrogen-bond acceptors (Lipinski definition) is 4. The van der Waals surface area contributed by atoms with Gasteiger partial charge in [0.1, 0.15) is 5.82 Å². The van der Waals surface area contributed by atoms with Crippen molar-refractivity contribution in [2.24, 2.45) is 0 Å². The number of anilines is 1. The molecule has 4 N–H and O–H groups in total. The van der Waals surface area contributed by atoms with Gasteiger partial charge in [0, 0.05) is 24.2 Å². The summed E-state index contributed by atoms with van der Waals surface area (Å²) in [6.45, 7) is 4.38. The van der Waals surface area contributed by atoms with E-state index in [9.17, 15) is 4.79 Å². The molecule has 3 aromatic rings. The van der Waals surface area contributed by atoms with Gasteiger partial charge in [-0.2, -0.15) is 0 Å². The molecule has 0 saturated carbocycles. The highest BCUT2D eigenvalue weighted by Crippen LogP contribution is 2.20. The number of rotatable bonds is 8. The minimum atomic E-state index is -0.551. The lowest BCUT2D eigenvalue weighted by atomic mass is 10.1. The predicted molar refractivity (Wildman–Crippen MR) is 112 cm³/mol. The molecule has 6 nitrogen and oxygen atoms in total. The monoisotopic (exact) mass is 378 g/mol. The summed E-state index contributed by atoms with van der Waals surface area (Å²) in [5.41, 5.74) is 6.67. The molecule has 146 valence electrons. The van der Waals surface area contributed by atoms with Crippen molar-refractivity contribution in [1.29, 1.82) is 0 Å². The fourth-order valence-corrected chi connectivity index (χ4v) is 3.11. The Balaban J connectivity index is 1.70. The van der Waals surface area contributed by atoms with E-state index in [2.05, 4.69) is 41.3 Å². The molecule has 0 radical (unpaired) electrons. The van der Waals surface area contributed by atoms with Crippen LogP contribution in [0.2, 0.25) is 0 Å². The van der Waals surface area contributed by atoms with Crippen LogP contribution in [0.5, 0.6) is 0 Å². The van der Waals surface area contributed by atoms with Crippen molar-refractivity contribution in [2.45, 2.75) is 39.2 Å². The number of carbonyl (C=O) groups is 1. The number of aromatic amines is 1. The number of fused-ring (bicyclic) bond motifs is 1. The number of hydroxylamine groups is 1. The number of nitrogens with zero attached hydrogens (tertiary/aromatic N) is 1. The van der Waals surface area contributed by atoms with Gasteiger partial charge in [0.25, 0.3) is 5.91 Å². The first-order valence-electron chi connectivity index (χ1n) is 9.57. The van der Waals surface area contributed by atoms with Crippen molar-refractivity contribution in [3.05, 3.63) is 65.5 Å². The zero-order valence-corrected chi connectivity index (χ0v) is 16.2. The first-order valence-corrected chi connectivity index (χ1v) is 9.57. The van der Waals surface area contributed by atoms with Gasteiger partial charge in [-0.15, -0.1) is 0 Å². The summed E-state index contributed by atoms with van der Waals surface area (Å²) >= 11 is 0. The number of H-pyrrole nitrogens is 1. The molecule has 0 atom stereocenters. The van der Waals surface area contributed by atoms with Gasteiger partial charge >= 0.3 is 0 Å². The van der Waals surface area contributed by atoms with Gasteiger partial charge in [0.15, 0.2) is 0 Å². The summed E-state index contributed by atoms with van der Waals surface area (Å²) in [5.74, 6) is 0.363. The highest BCUT2D eigenvalue weighted by Gasteiger charge is 2.07. The molecule has 0 bridgehead atoms. The number of amides is 1. The Hall–Kier alpha value is -3.12. The van der Waals surface area contributed by atoms with Gasteiger partial charge in [-0.05, 0) is 48.2 Å². The number of nitrogens with one attached hydrogen (secondary N) is 3. The van der Waals surface area contributed by atoms with Gasteiger partial charge < -0.3 is 10.3 Å². The molecule has 2 aromatic carbocycles. The van der Waals surface area contributed by atoms with Crippen LogP contribution in [0.3, 0.4) is 0 Å². The van der Waals surface area contributed by atoms with Gasteiger partial charge in [0.05, 0.1) is 11.0 Å². The molecular formula is C22H26N4O2. The minimum Gasteiger partial charge on any atom is -0.382 e. The van der Waals surface area contributed by atoms with E-state index in [4.69, 9.17) is 5.21 Å². The minimum absolute atomic E-state index is 0.482. The highest BCUT2D eigenvalue weighted by molar-refractivity contribution is 5.90. The molecule has 1 amide bonds. The fraction of sp³-hybridized carbons (Fsp3) is 0.273. The van der Waals surface area contributed by atoms with E-state index in [1.807, 2.05) is 30.3 Å². The van der Waals surface area contributed by atoms with Crippen LogP contribution in [0.25, 0.3) is 17.1 Å². The van der Waals surface area contributed by atoms with Crippen LogP contribution in [-0.2, 0) is 11.2 Å². The van der Waals surface area contributed by atoms with E-state index in [0.29, 0.717) is 12.5 Å². The maximum absolute atomic E-state index is 11.0. The molecule has 0 unspecified atom stereocenters. The third-order valence-corrected chi connectivity index (χ3v) is 4.78. The first kappa shape index (κ1) is 19.6. The summed E-state index contributed by atoms with van der Waals surface area (Å²) < 4.78 is 0. The smallest absolute Gasteiger partial charge is 0.267 e. The second-order valence-electron chi connectivity index (χ2n) is 6.80. The second kappa shape index (κ2) is 9.19. The van der Waals surface area contributed by atoms with Crippen molar-refractivity contribution >= 4 is 28.7 Å². The van der Waals surface area contributed by atoms with Crippen molar-refractivity contribution < 1.29 is 10.0 Å². The first-order chi connectivity index (χ1) is 13.6. The van der Waals surface area contributed by atoms with Crippen molar-refractivity contribution in [2.75, 3.05) is 5.32 Å². The molecule has 3 rings (SSSR count). The lowest BCUT2D eigenvalue weighted by molar-refractivity contribution is -0.124. The Morgan fingerprint density at radius 1 is 1.18 bits per heavy atom. The highest BCUT2D eigenvalue weighted by atomic mass is 16.5. The number of hydrogen-bond donors (Lipinski definition) is 4. The van der Waals surface area contributed by atoms with E-state index in [0.717, 1.165) is 46.5 Å². The Morgan fingerprint density at radius 2 is 1.93 bits per heavy atom. The summed E-state index contributed by atoms with van der Waals surface area (Å²) in [4.78, 5) is 19.1. The molecule has 0 spiro atoms. The molecule has 0 aliphatic carbocycles. The van der Waals surface area contributed by atoms with Crippen LogP contribution in [0.4, 0.5) is 5.69 Å². The third-order valence-electron chi connectivity index (χ3n) is 4.78. The lowest BCUT2D eigenvalue weighted by Gasteiger charge is -2.15. The van der Waals surface area contributed by atoms with Crippen LogP contribution in [-0.4, -0.2) is 27.1 Å². The number of imidazole rings is 1. The Bertz CT molecular complexity index is 956. The van der Waals surface area contributed by atoms with Crippen LogP contribution in [0, 0.1) is 0 Å². The molecule has 0 fully saturated rings. The Morgan fingerprint density at radius 3 is 2.61 bits per heavy atom. The standard InChI is InChI=1S/C22H26N4O2/c1-3-17(4-2)23-18-10-11-19-20(14-18)25-21(24-19)13-16-7-5-15(6-8-16)9-12-22(27)26-28/h5-12,14,17,23,28H,3-4,13H2,1-2H3,(H,24,25)(H,26,27). The summed E-state index contributed by atoms with van der Waals surface area (Å²) in [5, 5.41) is 12.1. The summed E-state index contributed by atoms with van der Waals surface area (Å²) in [6.07, 6.45) is 5.81. The number of aromatic nitrogens is 2. The SMILES string of the molecule is CCC(CC)Nc1ccc2nc(Cc3ccc(C=CC(=O)NO)cc3)[nH]c2c1. The van der Waals surface area contributed by atoms with Crippen LogP contribution >= 0.6 is 0 Å². The molecular weight excluding hydrogens is 352 g/mol. The molecule has 28 heavy (non-hydrogen) atoms. The van der Waals surface area contributed by atoms with Crippen LogP contribution in [0.15, 0.2) is 48.5 Å². The van der Waals surface area contributed by atoms with Crippen LogP contribution in [0.1, 0.15) is 43.6 Å². The van der Waals surface area contributed by atoms with Gasteiger partial charge in [-0.1, -0.05) is 38.1 Å². The van der Waals surface area contributed by atoms with Gasteiger partial charge in [0.2, 0.25) is 0 Å². The zero-order valence-electron chi connectivity index (χ0n) is 16.2. The second-order valence-corrected chi connectivity index (χ2v) is 6.80. The number of carbonyl (C=O) groups excluding carboxylic acids is 1. The normalized spacial score (nSPS) is 11.4. The zero-order chi connectivity index (χ0) is 19.9. The average molecular weight is 378 g/mol. The molecule has 0 aliphatic heterocycles. The van der Waals surface area contributed by atoms with Gasteiger partial charge in [-0.25, -0.2) is 10.5 Å². The largest absolute Gasteiger partial charge is 0.382 e. The van der Waals surface area contributed by atoms with Gasteiger partial charge in [-0.3, -0.25) is 10.0 Å². The van der Waals surface area contributed by atoms with E-state index in [1.165, 1.54) is 6.08 Å². The molecule has 1 heterocycles. The maximum Gasteiger partial charge on any atom is 0.267 e. The molecule has 0 saturated heterocycles. The summed E-state index contributed by atoms with van der Waals surface area (Å²) in [6, 6.07) is 14.6. The Labute approximate surface area is 164 Å². The molecule has 1 aromatic heterocycles. The van der Waals surface area contributed by atoms with Crippen LogP contribution < -0.4 is 10.8 Å². The third kappa shape index (κ3) is 4.98. The Kier molecular flexibility index (Phi) is 6.45. The summed E-state index contributed by atoms with van der Waals surface area (Å²) in [7, 11) is 0. The fourth-order valence-electron chi connectivity index (χ4n) is 3.11. The van der Waals surface area contributed by atoms with E-state index in [-0.39, 0.29) is 0 Å². The predicted octanol–water partition coefficient (Wildman–Crippen LogP) is 4.27. The maximum atomic E-state index is 11.0. The average Bonchev–Trinajstić information content (AvgIpc) is 3.12. The number of benzene rings is 2. The van der Waals surface area contributed by atoms with Crippen molar-refractivity contribution in [1.82, 2.24) is 15.4 Å². The van der Waals surface area contributed by atoms with E-state index < -0.39 is 5.91 Å². The quantitative estimate of drug-likeness (QED) is 0.268. The van der Waals surface area contributed by atoms with Crippen molar-refractivity contribution in [3.8, 4) is 0 Å². The van der Waals surface area contributed by atoms with E-state index in [1.54, 1.807) is 11.6 Å². The van der Waals surface area contributed by atoms with Crippen molar-refractivity contribution in [3.63, 3.8) is 0 Å². The molecule has 6 heteroatoms.